The molecule has 0 saturated carbocycles. The smallest absolute Gasteiger partial charge is 0.239 e. The Kier molecular flexibility index (Phi) is 5.83. The molecule has 4 rings (SSSR count). The molecule has 29 heavy (non-hydrogen) atoms. The van der Waals surface area contributed by atoms with Crippen LogP contribution in [0.2, 0.25) is 0 Å². The highest BCUT2D eigenvalue weighted by molar-refractivity contribution is 6.17. The third-order valence-corrected chi connectivity index (χ3v) is 5.47. The Balaban J connectivity index is 1.61. The second-order valence-corrected chi connectivity index (χ2v) is 7.71. The van der Waals surface area contributed by atoms with E-state index in [1.807, 2.05) is 49.4 Å². The van der Waals surface area contributed by atoms with Crippen molar-refractivity contribution in [3.63, 3.8) is 0 Å². The van der Waals surface area contributed by atoms with E-state index >= 15 is 0 Å². The predicted octanol–water partition coefficient (Wildman–Crippen LogP) is 2.97. The summed E-state index contributed by atoms with van der Waals surface area (Å²) in [5.41, 5.74) is 3.59. The topological polar surface area (TPSA) is 60.3 Å². The quantitative estimate of drug-likeness (QED) is 0.878. The molecule has 1 saturated heterocycles. The first kappa shape index (κ1) is 19.5. The van der Waals surface area contributed by atoms with Gasteiger partial charge in [-0.3, -0.25) is 14.7 Å². The first-order valence-corrected chi connectivity index (χ1v) is 10.1. The van der Waals surface area contributed by atoms with E-state index in [2.05, 4.69) is 34.3 Å². The van der Waals surface area contributed by atoms with Gasteiger partial charge in [-0.25, -0.2) is 4.99 Å². The molecule has 0 aromatic heterocycles. The second kappa shape index (κ2) is 8.68. The molecule has 2 aromatic rings. The Morgan fingerprint density at radius 1 is 0.966 bits per heavy atom. The fourth-order valence-electron chi connectivity index (χ4n) is 3.84. The average molecular weight is 390 g/mol. The Hall–Kier alpha value is -2.83. The first-order chi connectivity index (χ1) is 14.1. The molecule has 1 N–H and O–H groups in total. The molecule has 2 aromatic carbocycles. The molecule has 0 radical (unpaired) electrons. The first-order valence-electron chi connectivity index (χ1n) is 10.1. The minimum atomic E-state index is -0.181. The molecular formula is C23H27N5O. The van der Waals surface area contributed by atoms with Crippen LogP contribution in [0.15, 0.2) is 64.6 Å². The van der Waals surface area contributed by atoms with Gasteiger partial charge in [0.05, 0.1) is 23.8 Å². The zero-order chi connectivity index (χ0) is 20.2. The maximum Gasteiger partial charge on any atom is 0.239 e. The van der Waals surface area contributed by atoms with E-state index < -0.39 is 0 Å². The molecular weight excluding hydrogens is 362 g/mol. The number of rotatable bonds is 3. The maximum atomic E-state index is 12.9. The lowest BCUT2D eigenvalue weighted by Gasteiger charge is -2.32. The SMILES string of the molecule is CC1=Nc2ccccc2N=C(NC(=O)CN2CCN(C)CC2)[C@@H]1c1ccccc1. The molecule has 0 spiro atoms. The van der Waals surface area contributed by atoms with E-state index in [4.69, 9.17) is 9.98 Å². The minimum absolute atomic E-state index is 0.0265. The van der Waals surface area contributed by atoms with Gasteiger partial charge in [0.1, 0.15) is 5.84 Å². The zero-order valence-electron chi connectivity index (χ0n) is 17.0. The highest BCUT2D eigenvalue weighted by Gasteiger charge is 2.27. The lowest BCUT2D eigenvalue weighted by atomic mass is 9.93. The molecule has 6 heteroatoms. The van der Waals surface area contributed by atoms with E-state index in [0.717, 1.165) is 48.8 Å². The van der Waals surface area contributed by atoms with Crippen molar-refractivity contribution in [3.05, 3.63) is 60.2 Å². The zero-order valence-corrected chi connectivity index (χ0v) is 17.0. The van der Waals surface area contributed by atoms with Crippen LogP contribution in [0.1, 0.15) is 18.4 Å². The van der Waals surface area contributed by atoms with Gasteiger partial charge in [0.15, 0.2) is 0 Å². The number of hydrogen-bond acceptors (Lipinski definition) is 5. The molecule has 150 valence electrons. The minimum Gasteiger partial charge on any atom is -0.312 e. The number of amidine groups is 1. The molecule has 6 nitrogen and oxygen atoms in total. The van der Waals surface area contributed by atoms with Crippen molar-refractivity contribution in [1.82, 2.24) is 15.1 Å². The summed E-state index contributed by atoms with van der Waals surface area (Å²) in [6.07, 6.45) is 0. The standard InChI is InChI=1S/C23H27N5O/c1-17-22(18-8-4-3-5-9-18)23(25-20-11-7-6-10-19(20)24-17)26-21(29)16-28-14-12-27(2)13-15-28/h3-11,22H,12-16H2,1-2H3,(H,25,26,29)/t22-/m0/s1. The van der Waals surface area contributed by atoms with Crippen LogP contribution in [-0.2, 0) is 4.79 Å². The number of amides is 1. The van der Waals surface area contributed by atoms with Crippen molar-refractivity contribution < 1.29 is 4.79 Å². The van der Waals surface area contributed by atoms with Crippen LogP contribution in [0, 0.1) is 0 Å². The van der Waals surface area contributed by atoms with Gasteiger partial charge in [-0.1, -0.05) is 42.5 Å². The lowest BCUT2D eigenvalue weighted by molar-refractivity contribution is -0.121. The van der Waals surface area contributed by atoms with Gasteiger partial charge in [0.25, 0.3) is 0 Å². The van der Waals surface area contributed by atoms with E-state index in [1.54, 1.807) is 0 Å². The molecule has 2 heterocycles. The van der Waals surface area contributed by atoms with Crippen molar-refractivity contribution in [2.24, 2.45) is 9.98 Å². The van der Waals surface area contributed by atoms with Crippen molar-refractivity contribution in [3.8, 4) is 0 Å². The molecule has 1 atom stereocenters. The van der Waals surface area contributed by atoms with Crippen LogP contribution in [0.3, 0.4) is 0 Å². The summed E-state index contributed by atoms with van der Waals surface area (Å²) < 4.78 is 0. The summed E-state index contributed by atoms with van der Waals surface area (Å²) in [4.78, 5) is 27.0. The summed E-state index contributed by atoms with van der Waals surface area (Å²) >= 11 is 0. The predicted molar refractivity (Wildman–Crippen MR) is 118 cm³/mol. The monoisotopic (exact) mass is 389 g/mol. The summed E-state index contributed by atoms with van der Waals surface area (Å²) in [5, 5.41) is 3.11. The van der Waals surface area contributed by atoms with Crippen LogP contribution in [-0.4, -0.2) is 67.0 Å². The summed E-state index contributed by atoms with van der Waals surface area (Å²) in [6.45, 7) is 6.16. The third-order valence-electron chi connectivity index (χ3n) is 5.47. The number of nitrogens with zero attached hydrogens (tertiary/aromatic N) is 4. The highest BCUT2D eigenvalue weighted by atomic mass is 16.2. The fourth-order valence-corrected chi connectivity index (χ4v) is 3.84. The second-order valence-electron chi connectivity index (χ2n) is 7.71. The van der Waals surface area contributed by atoms with E-state index in [9.17, 15) is 4.79 Å². The Morgan fingerprint density at radius 3 is 2.28 bits per heavy atom. The van der Waals surface area contributed by atoms with Gasteiger partial charge in [0, 0.05) is 31.9 Å². The number of likely N-dealkylation sites (N-methyl/N-ethyl adjacent to an activating group) is 1. The van der Waals surface area contributed by atoms with Gasteiger partial charge in [-0.15, -0.1) is 0 Å². The van der Waals surface area contributed by atoms with Gasteiger partial charge in [0.2, 0.25) is 5.91 Å². The molecule has 2 aliphatic rings. The van der Waals surface area contributed by atoms with Crippen LogP contribution in [0.4, 0.5) is 11.4 Å². The average Bonchev–Trinajstić information content (AvgIpc) is 2.85. The number of piperazine rings is 1. The van der Waals surface area contributed by atoms with Crippen molar-refractivity contribution in [1.29, 1.82) is 0 Å². The maximum absolute atomic E-state index is 12.9. The van der Waals surface area contributed by atoms with Crippen LogP contribution >= 0.6 is 0 Å². The largest absolute Gasteiger partial charge is 0.312 e. The Morgan fingerprint density at radius 2 is 1.59 bits per heavy atom. The number of nitrogens with one attached hydrogen (secondary N) is 1. The number of hydrogen-bond donors (Lipinski definition) is 1. The lowest BCUT2D eigenvalue weighted by Crippen LogP contribution is -2.49. The van der Waals surface area contributed by atoms with E-state index in [-0.39, 0.29) is 11.8 Å². The van der Waals surface area contributed by atoms with Gasteiger partial charge in [-0.05, 0) is 31.7 Å². The molecule has 1 amide bonds. The summed E-state index contributed by atoms with van der Waals surface area (Å²) in [6, 6.07) is 17.9. The van der Waals surface area contributed by atoms with E-state index in [1.165, 1.54) is 0 Å². The highest BCUT2D eigenvalue weighted by Crippen LogP contribution is 2.34. The number of para-hydroxylation sites is 2. The van der Waals surface area contributed by atoms with Gasteiger partial charge < -0.3 is 10.2 Å². The molecule has 0 unspecified atom stereocenters. The summed E-state index contributed by atoms with van der Waals surface area (Å²) in [7, 11) is 2.11. The van der Waals surface area contributed by atoms with Gasteiger partial charge >= 0.3 is 0 Å². The normalized spacial score (nSPS) is 20.3. The molecule has 2 aliphatic heterocycles. The van der Waals surface area contributed by atoms with Crippen LogP contribution < -0.4 is 5.32 Å². The summed E-state index contributed by atoms with van der Waals surface area (Å²) in [5.74, 6) is 0.433. The number of fused-ring (bicyclic) bond motifs is 1. The third kappa shape index (κ3) is 4.60. The van der Waals surface area contributed by atoms with Crippen molar-refractivity contribution >= 4 is 28.8 Å². The van der Waals surface area contributed by atoms with E-state index in [0.29, 0.717) is 12.4 Å². The van der Waals surface area contributed by atoms with Crippen molar-refractivity contribution in [2.45, 2.75) is 12.8 Å². The van der Waals surface area contributed by atoms with Crippen molar-refractivity contribution in [2.75, 3.05) is 39.8 Å². The number of aliphatic imine (C=N–C) groups is 2. The molecule has 0 aliphatic carbocycles. The van der Waals surface area contributed by atoms with Crippen LogP contribution in [0.25, 0.3) is 0 Å². The fraction of sp³-hybridized carbons (Fsp3) is 0.348. The number of carbonyl (C=O) groups excluding carboxylic acids is 1. The van der Waals surface area contributed by atoms with Gasteiger partial charge in [-0.2, -0.15) is 0 Å². The van der Waals surface area contributed by atoms with Crippen LogP contribution in [0.5, 0.6) is 0 Å². The number of carbonyl (C=O) groups is 1. The molecule has 0 bridgehead atoms. The Bertz CT molecular complexity index is 929. The Labute approximate surface area is 172 Å². The number of benzene rings is 2. The molecule has 1 fully saturated rings.